The van der Waals surface area contributed by atoms with Gasteiger partial charge < -0.3 is 10.1 Å². The first kappa shape index (κ1) is 22.7. The number of hydrogen-bond donors (Lipinski definition) is 2. The number of benzene rings is 3. The number of ether oxygens (including phenoxy) is 1. The maximum absolute atomic E-state index is 12.6. The first-order chi connectivity index (χ1) is 14.7. The van der Waals surface area contributed by atoms with Crippen molar-refractivity contribution in [3.63, 3.8) is 0 Å². The molecule has 2 N–H and O–H groups in total. The number of carbonyl (C=O) groups excluding carboxylic acids is 1. The zero-order valence-corrected chi connectivity index (χ0v) is 18.7. The lowest BCUT2D eigenvalue weighted by molar-refractivity contribution is -0.123. The molecule has 1 amide bonds. The van der Waals surface area contributed by atoms with E-state index in [-0.39, 0.29) is 23.5 Å². The second-order valence-corrected chi connectivity index (χ2v) is 9.15. The largest absolute Gasteiger partial charge is 0.484 e. The molecular formula is C23H23ClN2O4S. The SMILES string of the molecule is Cc1cc(S(=O)(=O)Nc2ccc(Cl)cc2)ccc1OCC(=O)N[C@@H](C)c1ccccc1. The summed E-state index contributed by atoms with van der Waals surface area (Å²) in [5.41, 5.74) is 2.00. The minimum absolute atomic E-state index is 0.0921. The molecule has 0 bridgehead atoms. The highest BCUT2D eigenvalue weighted by molar-refractivity contribution is 7.92. The predicted molar refractivity (Wildman–Crippen MR) is 122 cm³/mol. The van der Waals surface area contributed by atoms with Gasteiger partial charge in [-0.05, 0) is 67.4 Å². The third-order valence-electron chi connectivity index (χ3n) is 4.59. The monoisotopic (exact) mass is 458 g/mol. The number of nitrogens with one attached hydrogen (secondary N) is 2. The zero-order valence-electron chi connectivity index (χ0n) is 17.1. The van der Waals surface area contributed by atoms with Gasteiger partial charge in [-0.1, -0.05) is 41.9 Å². The fourth-order valence-corrected chi connectivity index (χ4v) is 4.20. The summed E-state index contributed by atoms with van der Waals surface area (Å²) in [4.78, 5) is 12.3. The van der Waals surface area contributed by atoms with Crippen molar-refractivity contribution in [2.75, 3.05) is 11.3 Å². The van der Waals surface area contributed by atoms with Gasteiger partial charge in [0, 0.05) is 10.7 Å². The van der Waals surface area contributed by atoms with Gasteiger partial charge in [0.2, 0.25) is 0 Å². The summed E-state index contributed by atoms with van der Waals surface area (Å²) in [5.74, 6) is 0.171. The number of rotatable bonds is 8. The van der Waals surface area contributed by atoms with Gasteiger partial charge in [0.15, 0.2) is 6.61 Å². The highest BCUT2D eigenvalue weighted by Crippen LogP contribution is 2.24. The third-order valence-corrected chi connectivity index (χ3v) is 6.22. The molecule has 3 rings (SSSR count). The van der Waals surface area contributed by atoms with Crippen LogP contribution in [0.2, 0.25) is 5.02 Å². The quantitative estimate of drug-likeness (QED) is 0.512. The highest BCUT2D eigenvalue weighted by Gasteiger charge is 2.16. The Hall–Kier alpha value is -3.03. The van der Waals surface area contributed by atoms with Gasteiger partial charge in [0.25, 0.3) is 15.9 Å². The highest BCUT2D eigenvalue weighted by atomic mass is 35.5. The van der Waals surface area contributed by atoms with Crippen LogP contribution < -0.4 is 14.8 Å². The minimum atomic E-state index is -3.77. The predicted octanol–water partition coefficient (Wildman–Crippen LogP) is 4.71. The summed E-state index contributed by atoms with van der Waals surface area (Å²) in [7, 11) is -3.77. The van der Waals surface area contributed by atoms with Crippen LogP contribution in [0.5, 0.6) is 5.75 Å². The normalized spacial score (nSPS) is 12.1. The van der Waals surface area contributed by atoms with Crippen LogP contribution in [0.25, 0.3) is 0 Å². The third kappa shape index (κ3) is 6.23. The molecule has 0 unspecified atom stereocenters. The van der Waals surface area contributed by atoms with Crippen LogP contribution in [0.1, 0.15) is 24.1 Å². The molecule has 0 heterocycles. The lowest BCUT2D eigenvalue weighted by Crippen LogP contribution is -2.31. The molecule has 0 aliphatic heterocycles. The molecule has 0 fully saturated rings. The van der Waals surface area contributed by atoms with Crippen molar-refractivity contribution >= 4 is 33.2 Å². The maximum Gasteiger partial charge on any atom is 0.261 e. The molecule has 0 aromatic heterocycles. The lowest BCUT2D eigenvalue weighted by Gasteiger charge is -2.15. The molecule has 0 aliphatic rings. The van der Waals surface area contributed by atoms with Crippen LogP contribution in [-0.4, -0.2) is 20.9 Å². The van der Waals surface area contributed by atoms with Crippen LogP contribution in [0.15, 0.2) is 77.7 Å². The first-order valence-electron chi connectivity index (χ1n) is 9.61. The molecule has 6 nitrogen and oxygen atoms in total. The summed E-state index contributed by atoms with van der Waals surface area (Å²) < 4.78 is 33.3. The Morgan fingerprint density at radius 2 is 1.71 bits per heavy atom. The van der Waals surface area contributed by atoms with E-state index in [0.29, 0.717) is 22.0 Å². The molecule has 162 valence electrons. The number of sulfonamides is 1. The number of amides is 1. The van der Waals surface area contributed by atoms with Crippen molar-refractivity contribution in [3.05, 3.63) is 88.9 Å². The summed E-state index contributed by atoms with van der Waals surface area (Å²) in [6, 6.07) is 20.3. The Labute approximate surface area is 187 Å². The van der Waals surface area contributed by atoms with Crippen LogP contribution in [0, 0.1) is 6.92 Å². The van der Waals surface area contributed by atoms with Crippen molar-refractivity contribution in [2.45, 2.75) is 24.8 Å². The maximum atomic E-state index is 12.6. The first-order valence-corrected chi connectivity index (χ1v) is 11.5. The average molecular weight is 459 g/mol. The van der Waals surface area contributed by atoms with Gasteiger partial charge >= 0.3 is 0 Å². The van der Waals surface area contributed by atoms with E-state index in [1.54, 1.807) is 37.3 Å². The van der Waals surface area contributed by atoms with E-state index in [9.17, 15) is 13.2 Å². The topological polar surface area (TPSA) is 84.5 Å². The molecule has 0 aliphatic carbocycles. The summed E-state index contributed by atoms with van der Waals surface area (Å²) >= 11 is 5.83. The number of halogens is 1. The van der Waals surface area contributed by atoms with E-state index in [1.807, 2.05) is 37.3 Å². The van der Waals surface area contributed by atoms with Crippen molar-refractivity contribution < 1.29 is 17.9 Å². The van der Waals surface area contributed by atoms with E-state index in [0.717, 1.165) is 5.56 Å². The van der Waals surface area contributed by atoms with E-state index in [2.05, 4.69) is 10.0 Å². The number of hydrogen-bond acceptors (Lipinski definition) is 4. The van der Waals surface area contributed by atoms with Gasteiger partial charge in [-0.3, -0.25) is 9.52 Å². The minimum Gasteiger partial charge on any atom is -0.484 e. The van der Waals surface area contributed by atoms with Gasteiger partial charge in [-0.25, -0.2) is 8.42 Å². The Kier molecular flexibility index (Phi) is 7.20. The van der Waals surface area contributed by atoms with Gasteiger partial charge in [0.1, 0.15) is 5.75 Å². The van der Waals surface area contributed by atoms with E-state index < -0.39 is 10.0 Å². The van der Waals surface area contributed by atoms with Crippen molar-refractivity contribution in [1.82, 2.24) is 5.32 Å². The molecule has 31 heavy (non-hydrogen) atoms. The molecular weight excluding hydrogens is 436 g/mol. The molecule has 1 atom stereocenters. The van der Waals surface area contributed by atoms with Gasteiger partial charge in [-0.15, -0.1) is 0 Å². The van der Waals surface area contributed by atoms with Crippen molar-refractivity contribution in [1.29, 1.82) is 0 Å². The van der Waals surface area contributed by atoms with Gasteiger partial charge in [0.05, 0.1) is 10.9 Å². The van der Waals surface area contributed by atoms with Crippen LogP contribution in [0.3, 0.4) is 0 Å². The van der Waals surface area contributed by atoms with E-state index in [4.69, 9.17) is 16.3 Å². The molecule has 0 spiro atoms. The number of carbonyl (C=O) groups is 1. The fourth-order valence-electron chi connectivity index (χ4n) is 2.93. The fraction of sp³-hybridized carbons (Fsp3) is 0.174. The Bertz CT molecular complexity index is 1150. The Balaban J connectivity index is 1.61. The van der Waals surface area contributed by atoms with Crippen molar-refractivity contribution in [2.24, 2.45) is 0 Å². The van der Waals surface area contributed by atoms with Crippen LogP contribution in [0.4, 0.5) is 5.69 Å². The molecule has 8 heteroatoms. The number of anilines is 1. The summed E-state index contributed by atoms with van der Waals surface area (Å²) in [6.07, 6.45) is 0. The molecule has 0 saturated carbocycles. The van der Waals surface area contributed by atoms with Gasteiger partial charge in [-0.2, -0.15) is 0 Å². The van der Waals surface area contributed by atoms with Crippen molar-refractivity contribution in [3.8, 4) is 5.75 Å². The van der Waals surface area contributed by atoms with Crippen LogP contribution >= 0.6 is 11.6 Å². The molecule has 0 radical (unpaired) electrons. The number of aryl methyl sites for hydroxylation is 1. The standard InChI is InChI=1S/C23H23ClN2O4S/c1-16-14-21(31(28,29)26-20-10-8-19(24)9-11-20)12-13-22(16)30-15-23(27)25-17(2)18-6-4-3-5-7-18/h3-14,17,26H,15H2,1-2H3,(H,25,27)/t17-/m0/s1. The summed E-state index contributed by atoms with van der Waals surface area (Å²) in [6.45, 7) is 3.44. The second-order valence-electron chi connectivity index (χ2n) is 7.03. The lowest BCUT2D eigenvalue weighted by atomic mass is 10.1. The zero-order chi connectivity index (χ0) is 22.4. The van der Waals surface area contributed by atoms with E-state index in [1.165, 1.54) is 12.1 Å². The Morgan fingerprint density at radius 3 is 2.35 bits per heavy atom. The average Bonchev–Trinajstić information content (AvgIpc) is 2.75. The van der Waals surface area contributed by atoms with Crippen LogP contribution in [-0.2, 0) is 14.8 Å². The van der Waals surface area contributed by atoms with E-state index >= 15 is 0 Å². The molecule has 0 saturated heterocycles. The second kappa shape index (κ2) is 9.85. The summed E-state index contributed by atoms with van der Waals surface area (Å²) in [5, 5.41) is 3.39. The Morgan fingerprint density at radius 1 is 1.03 bits per heavy atom. The molecule has 3 aromatic carbocycles. The molecule has 3 aromatic rings. The smallest absolute Gasteiger partial charge is 0.261 e.